The fourth-order valence-corrected chi connectivity index (χ4v) is 4.83. The first kappa shape index (κ1) is 12.6. The molecule has 0 aromatic carbocycles. The zero-order chi connectivity index (χ0) is 14.4. The Bertz CT molecular complexity index is 579. The molecule has 0 amide bonds. The molecule has 3 fully saturated rings. The molecule has 108 valence electrons. The van der Waals surface area contributed by atoms with Crippen molar-refractivity contribution >= 4 is 5.97 Å². The van der Waals surface area contributed by atoms with Gasteiger partial charge in [-0.3, -0.25) is 0 Å². The van der Waals surface area contributed by atoms with Crippen LogP contribution >= 0.6 is 0 Å². The molecule has 0 aromatic heterocycles. The number of carbonyl (C=O) groups is 1. The van der Waals surface area contributed by atoms with E-state index in [0.717, 1.165) is 12.0 Å². The van der Waals surface area contributed by atoms with E-state index >= 15 is 0 Å². The maximum Gasteiger partial charge on any atom is 0.339 e. The van der Waals surface area contributed by atoms with Gasteiger partial charge in [-0.1, -0.05) is 19.1 Å². The highest BCUT2D eigenvalue weighted by molar-refractivity contribution is 5.93. The van der Waals surface area contributed by atoms with Crippen molar-refractivity contribution in [2.75, 3.05) is 6.61 Å². The molecule has 0 aromatic rings. The highest BCUT2D eigenvalue weighted by Crippen LogP contribution is 2.73. The second-order valence-corrected chi connectivity index (χ2v) is 6.75. The fraction of sp³-hybridized carbons (Fsp3) is 0.667. The van der Waals surface area contributed by atoms with E-state index in [1.807, 2.05) is 6.92 Å². The number of aliphatic hydroxyl groups is 3. The van der Waals surface area contributed by atoms with Gasteiger partial charge in [0, 0.05) is 11.0 Å². The molecule has 6 atom stereocenters. The number of esters is 1. The van der Waals surface area contributed by atoms with Crippen LogP contribution in [0.15, 0.2) is 23.3 Å². The van der Waals surface area contributed by atoms with Crippen LogP contribution in [0.4, 0.5) is 0 Å². The number of hydrogen-bond donors (Lipinski definition) is 3. The summed E-state index contributed by atoms with van der Waals surface area (Å²) in [5.41, 5.74) is 1.01. The molecule has 4 aliphatic rings. The van der Waals surface area contributed by atoms with Crippen LogP contribution < -0.4 is 0 Å². The van der Waals surface area contributed by atoms with E-state index in [9.17, 15) is 20.1 Å². The minimum absolute atomic E-state index is 0.0348. The molecule has 20 heavy (non-hydrogen) atoms. The van der Waals surface area contributed by atoms with Crippen LogP contribution in [0.1, 0.15) is 19.8 Å². The second-order valence-electron chi connectivity index (χ2n) is 6.75. The Kier molecular flexibility index (Phi) is 2.10. The van der Waals surface area contributed by atoms with Gasteiger partial charge in [-0.25, -0.2) is 4.79 Å². The van der Waals surface area contributed by atoms with Gasteiger partial charge in [-0.05, 0) is 30.6 Å². The predicted molar refractivity (Wildman–Crippen MR) is 68.1 cm³/mol. The average Bonchev–Trinajstić information content (AvgIpc) is 3.11. The molecule has 0 bridgehead atoms. The van der Waals surface area contributed by atoms with Crippen LogP contribution in [0.5, 0.6) is 0 Å². The number of carbonyl (C=O) groups excluding carboxylic acids is 1. The highest BCUT2D eigenvalue weighted by Gasteiger charge is 2.73. The lowest BCUT2D eigenvalue weighted by atomic mass is 9.60. The lowest BCUT2D eigenvalue weighted by Crippen LogP contribution is -2.59. The van der Waals surface area contributed by atoms with Crippen LogP contribution in [0.3, 0.4) is 0 Å². The monoisotopic (exact) mass is 278 g/mol. The SMILES string of the molecule is C=C1[C@H]2C[C@H]2[C@@]2(C)[C@H]1CC1=C(CO)C(=O)O[C@@]1(O)[C@H]2O. The summed E-state index contributed by atoms with van der Waals surface area (Å²) in [5, 5.41) is 30.8. The van der Waals surface area contributed by atoms with Gasteiger partial charge in [0.15, 0.2) is 0 Å². The Morgan fingerprint density at radius 1 is 1.50 bits per heavy atom. The summed E-state index contributed by atoms with van der Waals surface area (Å²) in [7, 11) is 0. The van der Waals surface area contributed by atoms with Crippen LogP contribution in [-0.4, -0.2) is 39.8 Å². The second kappa shape index (κ2) is 3.35. The molecule has 1 aliphatic heterocycles. The number of allylic oxidation sites excluding steroid dienone is 1. The number of aliphatic hydroxyl groups excluding tert-OH is 2. The third kappa shape index (κ3) is 1.10. The minimum Gasteiger partial charge on any atom is -0.423 e. The van der Waals surface area contributed by atoms with E-state index in [0.29, 0.717) is 23.8 Å². The normalized spacial score (nSPS) is 52.6. The van der Waals surface area contributed by atoms with Gasteiger partial charge in [0.05, 0.1) is 12.2 Å². The van der Waals surface area contributed by atoms with Crippen LogP contribution in [-0.2, 0) is 9.53 Å². The first-order chi connectivity index (χ1) is 9.35. The number of ether oxygens (including phenoxy) is 1. The topological polar surface area (TPSA) is 87.0 Å². The van der Waals surface area contributed by atoms with Gasteiger partial charge >= 0.3 is 5.97 Å². The molecule has 0 radical (unpaired) electrons. The van der Waals surface area contributed by atoms with Gasteiger partial charge < -0.3 is 20.1 Å². The van der Waals surface area contributed by atoms with E-state index in [-0.39, 0.29) is 11.5 Å². The van der Waals surface area contributed by atoms with Gasteiger partial charge in [0.2, 0.25) is 0 Å². The van der Waals surface area contributed by atoms with E-state index < -0.39 is 29.9 Å². The van der Waals surface area contributed by atoms with Crippen molar-refractivity contribution in [3.8, 4) is 0 Å². The fourth-order valence-electron chi connectivity index (χ4n) is 4.83. The Morgan fingerprint density at radius 3 is 2.85 bits per heavy atom. The Hall–Kier alpha value is -1.17. The maximum absolute atomic E-state index is 11.8. The van der Waals surface area contributed by atoms with Gasteiger partial charge in [-0.15, -0.1) is 0 Å². The Morgan fingerprint density at radius 2 is 2.20 bits per heavy atom. The van der Waals surface area contributed by atoms with Gasteiger partial charge in [-0.2, -0.15) is 0 Å². The van der Waals surface area contributed by atoms with Gasteiger partial charge in [0.25, 0.3) is 5.79 Å². The lowest BCUT2D eigenvalue weighted by Gasteiger charge is -2.49. The Labute approximate surface area is 116 Å². The van der Waals surface area contributed by atoms with Crippen LogP contribution in [0.2, 0.25) is 0 Å². The predicted octanol–water partition coefficient (Wildman–Crippen LogP) is 0.114. The van der Waals surface area contributed by atoms with Crippen molar-refractivity contribution in [3.63, 3.8) is 0 Å². The third-order valence-electron chi connectivity index (χ3n) is 6.08. The summed E-state index contributed by atoms with van der Waals surface area (Å²) < 4.78 is 5.05. The molecule has 4 rings (SSSR count). The zero-order valence-electron chi connectivity index (χ0n) is 11.3. The maximum atomic E-state index is 11.8. The van der Waals surface area contributed by atoms with E-state index in [2.05, 4.69) is 6.58 Å². The molecule has 1 heterocycles. The summed E-state index contributed by atoms with van der Waals surface area (Å²) in [6, 6.07) is 0. The van der Waals surface area contributed by atoms with Crippen molar-refractivity contribution in [2.45, 2.75) is 31.7 Å². The zero-order valence-corrected chi connectivity index (χ0v) is 11.3. The standard InChI is InChI=1S/C15H18O5/c1-6-7-3-10(7)14(2)9(6)4-11-8(5-16)12(17)20-15(11,19)13(14)18/h7,9-10,13,16,18-19H,1,3-5H2,2H3/t7-,9+,10-,13+,14-,15-/m1/s1. The van der Waals surface area contributed by atoms with E-state index in [1.165, 1.54) is 0 Å². The first-order valence-corrected chi connectivity index (χ1v) is 7.01. The van der Waals surface area contributed by atoms with Crippen molar-refractivity contribution in [1.82, 2.24) is 0 Å². The molecular weight excluding hydrogens is 260 g/mol. The van der Waals surface area contributed by atoms with E-state index in [1.54, 1.807) is 0 Å². The van der Waals surface area contributed by atoms with E-state index in [4.69, 9.17) is 4.74 Å². The lowest BCUT2D eigenvalue weighted by molar-refractivity contribution is -0.256. The smallest absolute Gasteiger partial charge is 0.339 e. The molecule has 5 heteroatoms. The van der Waals surface area contributed by atoms with Crippen molar-refractivity contribution in [1.29, 1.82) is 0 Å². The summed E-state index contributed by atoms with van der Waals surface area (Å²) >= 11 is 0. The molecule has 3 saturated carbocycles. The molecule has 0 spiro atoms. The molecular formula is C15H18O5. The highest BCUT2D eigenvalue weighted by atomic mass is 16.7. The summed E-state index contributed by atoms with van der Waals surface area (Å²) in [6.45, 7) is 5.61. The van der Waals surface area contributed by atoms with Crippen molar-refractivity contribution < 1.29 is 24.9 Å². The van der Waals surface area contributed by atoms with Gasteiger partial charge in [0.1, 0.15) is 6.10 Å². The molecule has 3 N–H and O–H groups in total. The first-order valence-electron chi connectivity index (χ1n) is 7.01. The summed E-state index contributed by atoms with van der Waals surface area (Å²) in [6.07, 6.45) is 0.238. The van der Waals surface area contributed by atoms with Crippen molar-refractivity contribution in [3.05, 3.63) is 23.3 Å². The molecule has 3 aliphatic carbocycles. The van der Waals surface area contributed by atoms with Crippen LogP contribution in [0, 0.1) is 23.2 Å². The molecule has 0 saturated heterocycles. The molecule has 5 nitrogen and oxygen atoms in total. The third-order valence-corrected chi connectivity index (χ3v) is 6.08. The number of hydrogen-bond acceptors (Lipinski definition) is 5. The quantitative estimate of drug-likeness (QED) is 0.468. The average molecular weight is 278 g/mol. The largest absolute Gasteiger partial charge is 0.423 e. The molecule has 0 unspecified atom stereocenters. The van der Waals surface area contributed by atoms with Crippen LogP contribution in [0.25, 0.3) is 0 Å². The number of rotatable bonds is 1. The number of fused-ring (bicyclic) bond motifs is 4. The Balaban J connectivity index is 1.87. The summed E-state index contributed by atoms with van der Waals surface area (Å²) in [4.78, 5) is 11.8. The van der Waals surface area contributed by atoms with Crippen molar-refractivity contribution in [2.24, 2.45) is 23.2 Å². The summed E-state index contributed by atoms with van der Waals surface area (Å²) in [5.74, 6) is -1.95. The minimum atomic E-state index is -1.97.